The third kappa shape index (κ3) is 4.93. The van der Waals surface area contributed by atoms with E-state index in [1.807, 2.05) is 6.07 Å². The molecule has 0 saturated carbocycles. The van der Waals surface area contributed by atoms with E-state index in [4.69, 9.17) is 14.7 Å². The first-order valence-corrected chi connectivity index (χ1v) is 20.1. The molecule has 12 rings (SSSR count). The van der Waals surface area contributed by atoms with E-state index in [1.54, 1.807) is 0 Å². The van der Waals surface area contributed by atoms with Crippen LogP contribution in [-0.2, 0) is 5.41 Å². The SMILES string of the molecule is C1=CC2c3ccccc3C3(c4ccccc4Oc4cc(-c5cccc(-c6nc(-c7ccccc7)cc(-c7ccc8c(ccc9ccccc98)c7)n6)c5)ccc43)C2C=C1. The fourth-order valence-electron chi connectivity index (χ4n) is 10.0. The Morgan fingerprint density at radius 1 is 0.414 bits per heavy atom. The second-order valence-electron chi connectivity index (χ2n) is 15.7. The second kappa shape index (κ2) is 12.8. The molecule has 2 heterocycles. The molecule has 8 aromatic carbocycles. The van der Waals surface area contributed by atoms with Crippen molar-refractivity contribution in [2.24, 2.45) is 5.92 Å². The zero-order valence-electron chi connectivity index (χ0n) is 31.6. The number of para-hydroxylation sites is 1. The van der Waals surface area contributed by atoms with Gasteiger partial charge in [0.05, 0.1) is 16.8 Å². The lowest BCUT2D eigenvalue weighted by Crippen LogP contribution is -2.37. The van der Waals surface area contributed by atoms with Crippen LogP contribution in [0.4, 0.5) is 0 Å². The second-order valence-corrected chi connectivity index (χ2v) is 15.7. The fourth-order valence-corrected chi connectivity index (χ4v) is 10.0. The Hall–Kier alpha value is -7.36. The van der Waals surface area contributed by atoms with E-state index in [1.165, 1.54) is 43.8 Å². The summed E-state index contributed by atoms with van der Waals surface area (Å²) in [7, 11) is 0. The van der Waals surface area contributed by atoms with E-state index in [-0.39, 0.29) is 11.3 Å². The Labute approximate surface area is 337 Å². The van der Waals surface area contributed by atoms with E-state index < -0.39 is 0 Å². The summed E-state index contributed by atoms with van der Waals surface area (Å²) in [5.74, 6) is 3.03. The molecule has 0 amide bonds. The van der Waals surface area contributed by atoms with Crippen LogP contribution in [0.15, 0.2) is 206 Å². The number of hydrogen-bond donors (Lipinski definition) is 0. The van der Waals surface area contributed by atoms with Gasteiger partial charge in [-0.3, -0.25) is 0 Å². The van der Waals surface area contributed by atoms with Crippen molar-refractivity contribution in [1.29, 1.82) is 0 Å². The van der Waals surface area contributed by atoms with Crippen LogP contribution in [0, 0.1) is 5.92 Å². The predicted octanol–water partition coefficient (Wildman–Crippen LogP) is 13.7. The molecule has 272 valence electrons. The fraction of sp³-hybridized carbons (Fsp3) is 0.0545. The van der Waals surface area contributed by atoms with Gasteiger partial charge in [-0.05, 0) is 74.1 Å². The van der Waals surface area contributed by atoms with E-state index in [0.717, 1.165) is 50.7 Å². The average Bonchev–Trinajstić information content (AvgIpc) is 3.59. The highest BCUT2D eigenvalue weighted by Gasteiger charge is 2.56. The molecule has 0 saturated heterocycles. The Kier molecular flexibility index (Phi) is 7.27. The summed E-state index contributed by atoms with van der Waals surface area (Å²) in [6, 6.07) is 65.2. The normalized spacial score (nSPS) is 18.4. The van der Waals surface area contributed by atoms with Gasteiger partial charge in [-0.25, -0.2) is 9.97 Å². The summed E-state index contributed by atoms with van der Waals surface area (Å²) < 4.78 is 6.85. The Morgan fingerprint density at radius 3 is 2.02 bits per heavy atom. The standard InChI is InChI=1S/C55H36N2O/c1-2-14-36(15-3-1)50-34-51(40-27-29-43-39(32-40)26-25-35-13-4-5-18-42(35)43)57-54(56-50)41-17-12-16-37(31-41)38-28-30-49-53(33-38)58-52-24-11-10-23-48(52)55(49)46-21-8-6-19-44(46)45-20-7-9-22-47(45)55/h1-34,44,46H. The van der Waals surface area contributed by atoms with Gasteiger partial charge in [0.1, 0.15) is 11.5 Å². The van der Waals surface area contributed by atoms with Gasteiger partial charge in [-0.15, -0.1) is 0 Å². The minimum absolute atomic E-state index is 0.234. The van der Waals surface area contributed by atoms with Gasteiger partial charge in [-0.1, -0.05) is 176 Å². The number of aromatic nitrogens is 2. The minimum Gasteiger partial charge on any atom is -0.457 e. The van der Waals surface area contributed by atoms with Crippen LogP contribution in [0.25, 0.3) is 66.6 Å². The molecule has 3 unspecified atom stereocenters. The molecule has 3 atom stereocenters. The van der Waals surface area contributed by atoms with E-state index >= 15 is 0 Å². The van der Waals surface area contributed by atoms with Crippen molar-refractivity contribution in [3.8, 4) is 56.5 Å². The van der Waals surface area contributed by atoms with Gasteiger partial charge in [0.15, 0.2) is 5.82 Å². The molecule has 0 bridgehead atoms. The van der Waals surface area contributed by atoms with Crippen LogP contribution < -0.4 is 4.74 Å². The number of allylic oxidation sites excluding steroid dienone is 4. The highest BCUT2D eigenvalue weighted by atomic mass is 16.5. The van der Waals surface area contributed by atoms with Crippen LogP contribution in [0.3, 0.4) is 0 Å². The maximum Gasteiger partial charge on any atom is 0.160 e. The minimum atomic E-state index is -0.370. The number of nitrogens with zero attached hydrogens (tertiary/aromatic N) is 2. The van der Waals surface area contributed by atoms with Crippen LogP contribution in [-0.4, -0.2) is 9.97 Å². The van der Waals surface area contributed by atoms with Gasteiger partial charge in [0.25, 0.3) is 0 Å². The van der Waals surface area contributed by atoms with Crippen molar-refractivity contribution in [2.75, 3.05) is 0 Å². The van der Waals surface area contributed by atoms with Gasteiger partial charge < -0.3 is 4.74 Å². The summed E-state index contributed by atoms with van der Waals surface area (Å²) in [5.41, 5.74) is 11.8. The largest absolute Gasteiger partial charge is 0.457 e. The maximum absolute atomic E-state index is 6.85. The lowest BCUT2D eigenvalue weighted by atomic mass is 9.62. The smallest absolute Gasteiger partial charge is 0.160 e. The van der Waals surface area contributed by atoms with Crippen LogP contribution in [0.2, 0.25) is 0 Å². The van der Waals surface area contributed by atoms with Crippen molar-refractivity contribution in [2.45, 2.75) is 11.3 Å². The number of ether oxygens (including phenoxy) is 1. The topological polar surface area (TPSA) is 35.0 Å². The summed E-state index contributed by atoms with van der Waals surface area (Å²) in [6.07, 6.45) is 9.20. The molecule has 0 radical (unpaired) electrons. The van der Waals surface area contributed by atoms with Gasteiger partial charge in [-0.2, -0.15) is 0 Å². The van der Waals surface area contributed by atoms with E-state index in [9.17, 15) is 0 Å². The molecular formula is C55H36N2O. The molecule has 3 nitrogen and oxygen atoms in total. The average molecular weight is 741 g/mol. The van der Waals surface area contributed by atoms with Crippen molar-refractivity contribution in [3.05, 3.63) is 229 Å². The monoisotopic (exact) mass is 740 g/mol. The predicted molar refractivity (Wildman–Crippen MR) is 236 cm³/mol. The summed E-state index contributed by atoms with van der Waals surface area (Å²) in [5, 5.41) is 4.92. The Bertz CT molecular complexity index is 3180. The van der Waals surface area contributed by atoms with Crippen molar-refractivity contribution < 1.29 is 4.74 Å². The zero-order chi connectivity index (χ0) is 38.2. The number of fused-ring (bicyclic) bond motifs is 12. The molecule has 0 N–H and O–H groups in total. The molecule has 3 aliphatic rings. The third-order valence-corrected chi connectivity index (χ3v) is 12.6. The molecule has 1 aliphatic heterocycles. The Balaban J connectivity index is 0.982. The summed E-state index contributed by atoms with van der Waals surface area (Å²) in [6.45, 7) is 0. The number of hydrogen-bond acceptors (Lipinski definition) is 3. The summed E-state index contributed by atoms with van der Waals surface area (Å²) in [4.78, 5) is 10.5. The number of benzene rings is 8. The first-order chi connectivity index (χ1) is 28.7. The molecule has 1 aromatic heterocycles. The zero-order valence-corrected chi connectivity index (χ0v) is 31.6. The molecule has 58 heavy (non-hydrogen) atoms. The Morgan fingerprint density at radius 2 is 1.09 bits per heavy atom. The van der Waals surface area contributed by atoms with E-state index in [0.29, 0.717) is 11.7 Å². The molecule has 3 heteroatoms. The van der Waals surface area contributed by atoms with Crippen molar-refractivity contribution >= 4 is 21.5 Å². The summed E-state index contributed by atoms with van der Waals surface area (Å²) >= 11 is 0. The maximum atomic E-state index is 6.85. The molecule has 0 fully saturated rings. The molecular weight excluding hydrogens is 705 g/mol. The van der Waals surface area contributed by atoms with Crippen LogP contribution in [0.1, 0.15) is 28.2 Å². The molecule has 9 aromatic rings. The van der Waals surface area contributed by atoms with Gasteiger partial charge >= 0.3 is 0 Å². The van der Waals surface area contributed by atoms with Crippen LogP contribution >= 0.6 is 0 Å². The van der Waals surface area contributed by atoms with Gasteiger partial charge in [0, 0.05) is 39.7 Å². The number of rotatable bonds is 4. The van der Waals surface area contributed by atoms with Crippen molar-refractivity contribution in [1.82, 2.24) is 9.97 Å². The quantitative estimate of drug-likeness (QED) is 0.169. The lowest BCUT2D eigenvalue weighted by molar-refractivity contribution is 0.374. The lowest BCUT2D eigenvalue weighted by Gasteiger charge is -2.43. The molecule has 1 spiro atoms. The highest BCUT2D eigenvalue weighted by Crippen LogP contribution is 2.64. The third-order valence-electron chi connectivity index (χ3n) is 12.6. The first kappa shape index (κ1) is 32.8. The van der Waals surface area contributed by atoms with Gasteiger partial charge in [0.2, 0.25) is 0 Å². The van der Waals surface area contributed by atoms with Crippen LogP contribution in [0.5, 0.6) is 11.5 Å². The van der Waals surface area contributed by atoms with E-state index in [2.05, 4.69) is 200 Å². The molecule has 2 aliphatic carbocycles. The van der Waals surface area contributed by atoms with Crippen molar-refractivity contribution in [3.63, 3.8) is 0 Å². The first-order valence-electron chi connectivity index (χ1n) is 20.1. The highest BCUT2D eigenvalue weighted by molar-refractivity contribution is 6.08.